The Labute approximate surface area is 124 Å². The minimum Gasteiger partial charge on any atom is -0.349 e. The maximum atomic E-state index is 4.75. The summed E-state index contributed by atoms with van der Waals surface area (Å²) >= 11 is 1.88. The molecule has 1 atom stereocenters. The molecule has 0 saturated carbocycles. The largest absolute Gasteiger partial charge is 0.349 e. The lowest BCUT2D eigenvalue weighted by Gasteiger charge is -2.35. The van der Waals surface area contributed by atoms with Gasteiger partial charge in [-0.1, -0.05) is 0 Å². The van der Waals surface area contributed by atoms with Crippen LogP contribution in [0, 0.1) is 6.92 Å². The fourth-order valence-electron chi connectivity index (χ4n) is 3.00. The van der Waals surface area contributed by atoms with Gasteiger partial charge in [0.2, 0.25) is 0 Å². The number of rotatable bonds is 3. The van der Waals surface area contributed by atoms with E-state index < -0.39 is 0 Å². The molecule has 0 amide bonds. The first-order valence-corrected chi connectivity index (χ1v) is 8.02. The minimum atomic E-state index is 0.418. The molecule has 3 nitrogen and oxygen atoms in total. The molecule has 2 aromatic heterocycles. The lowest BCUT2D eigenvalue weighted by molar-refractivity contribution is 0.623. The minimum absolute atomic E-state index is 0.418. The molecule has 0 saturated heterocycles. The first-order valence-electron chi connectivity index (χ1n) is 7.14. The number of hydrogen-bond acceptors (Lipinski definition) is 4. The zero-order chi connectivity index (χ0) is 14.1. The number of anilines is 1. The van der Waals surface area contributed by atoms with Gasteiger partial charge in [-0.3, -0.25) is 0 Å². The summed E-state index contributed by atoms with van der Waals surface area (Å²) < 4.78 is 0. The van der Waals surface area contributed by atoms with E-state index in [2.05, 4.69) is 47.6 Å². The standard InChI is InChI=1S/C16H21N3S/c1-11-8-13(10-17-3)9-16(18-11)19-6-4-15-14(12(19)2)5-7-20-15/h5,7-9,12,17H,4,6,10H2,1-3H3. The molecular weight excluding hydrogens is 266 g/mol. The van der Waals surface area contributed by atoms with Gasteiger partial charge in [-0.05, 0) is 62.0 Å². The molecule has 4 heteroatoms. The monoisotopic (exact) mass is 287 g/mol. The van der Waals surface area contributed by atoms with Crippen molar-refractivity contribution in [3.05, 3.63) is 45.3 Å². The quantitative estimate of drug-likeness (QED) is 0.939. The second-order valence-electron chi connectivity index (χ2n) is 5.42. The predicted octanol–water partition coefficient (Wildman–Crippen LogP) is 3.29. The van der Waals surface area contributed by atoms with Crippen LogP contribution in [0.2, 0.25) is 0 Å². The molecule has 0 aliphatic carbocycles. The summed E-state index contributed by atoms with van der Waals surface area (Å²) in [6, 6.07) is 7.06. The third-order valence-corrected chi connectivity index (χ3v) is 4.95. The Bertz CT molecular complexity index is 606. The molecule has 1 aliphatic heterocycles. The van der Waals surface area contributed by atoms with Crippen LogP contribution in [-0.2, 0) is 13.0 Å². The summed E-state index contributed by atoms with van der Waals surface area (Å²) in [6.07, 6.45) is 1.13. The lowest BCUT2D eigenvalue weighted by atomic mass is 10.0. The molecule has 0 spiro atoms. The average Bonchev–Trinajstić information content (AvgIpc) is 2.88. The van der Waals surface area contributed by atoms with E-state index in [1.807, 2.05) is 18.4 Å². The topological polar surface area (TPSA) is 28.2 Å². The van der Waals surface area contributed by atoms with Crippen LogP contribution in [0.1, 0.15) is 34.7 Å². The Morgan fingerprint density at radius 3 is 3.10 bits per heavy atom. The molecule has 0 fully saturated rings. The predicted molar refractivity (Wildman–Crippen MR) is 85.5 cm³/mol. The molecule has 106 valence electrons. The molecule has 0 radical (unpaired) electrons. The highest BCUT2D eigenvalue weighted by molar-refractivity contribution is 7.10. The van der Waals surface area contributed by atoms with Gasteiger partial charge in [0.05, 0.1) is 6.04 Å². The fourth-order valence-corrected chi connectivity index (χ4v) is 3.96. The molecule has 1 unspecified atom stereocenters. The number of hydrogen-bond donors (Lipinski definition) is 1. The zero-order valence-corrected chi connectivity index (χ0v) is 13.1. The van der Waals surface area contributed by atoms with E-state index in [1.54, 1.807) is 0 Å². The second-order valence-corrected chi connectivity index (χ2v) is 6.42. The SMILES string of the molecule is CNCc1cc(C)nc(N2CCc3sccc3C2C)c1. The molecule has 0 aromatic carbocycles. The number of nitrogens with zero attached hydrogens (tertiary/aromatic N) is 2. The van der Waals surface area contributed by atoms with Gasteiger partial charge in [0.1, 0.15) is 5.82 Å². The summed E-state index contributed by atoms with van der Waals surface area (Å²) in [4.78, 5) is 8.72. The number of nitrogens with one attached hydrogen (secondary N) is 1. The smallest absolute Gasteiger partial charge is 0.129 e. The van der Waals surface area contributed by atoms with Crippen molar-refractivity contribution < 1.29 is 0 Å². The van der Waals surface area contributed by atoms with Crippen LogP contribution in [0.5, 0.6) is 0 Å². The summed E-state index contributed by atoms with van der Waals surface area (Å²) in [5.74, 6) is 1.11. The highest BCUT2D eigenvalue weighted by atomic mass is 32.1. The van der Waals surface area contributed by atoms with E-state index in [0.29, 0.717) is 6.04 Å². The lowest BCUT2D eigenvalue weighted by Crippen LogP contribution is -2.34. The third kappa shape index (κ3) is 2.45. The zero-order valence-electron chi connectivity index (χ0n) is 12.3. The highest BCUT2D eigenvalue weighted by Crippen LogP contribution is 2.35. The van der Waals surface area contributed by atoms with Gasteiger partial charge in [-0.25, -0.2) is 4.98 Å². The summed E-state index contributed by atoms with van der Waals surface area (Å²) in [6.45, 7) is 6.31. The molecule has 20 heavy (non-hydrogen) atoms. The van der Waals surface area contributed by atoms with Crippen molar-refractivity contribution in [1.29, 1.82) is 0 Å². The average molecular weight is 287 g/mol. The highest BCUT2D eigenvalue weighted by Gasteiger charge is 2.25. The fraction of sp³-hybridized carbons (Fsp3) is 0.438. The van der Waals surface area contributed by atoms with Crippen LogP contribution in [-0.4, -0.2) is 18.6 Å². The van der Waals surface area contributed by atoms with E-state index in [-0.39, 0.29) is 0 Å². The van der Waals surface area contributed by atoms with Gasteiger partial charge in [-0.2, -0.15) is 0 Å². The Morgan fingerprint density at radius 2 is 2.30 bits per heavy atom. The third-order valence-electron chi connectivity index (χ3n) is 3.95. The van der Waals surface area contributed by atoms with Crippen LogP contribution in [0.3, 0.4) is 0 Å². The van der Waals surface area contributed by atoms with E-state index in [4.69, 9.17) is 4.98 Å². The number of fused-ring (bicyclic) bond motifs is 1. The molecule has 3 heterocycles. The van der Waals surface area contributed by atoms with Crippen molar-refractivity contribution in [2.75, 3.05) is 18.5 Å². The summed E-state index contributed by atoms with van der Waals surface area (Å²) in [5, 5.41) is 5.43. The van der Waals surface area contributed by atoms with Crippen molar-refractivity contribution in [3.63, 3.8) is 0 Å². The van der Waals surface area contributed by atoms with Gasteiger partial charge < -0.3 is 10.2 Å². The van der Waals surface area contributed by atoms with Crippen molar-refractivity contribution >= 4 is 17.2 Å². The van der Waals surface area contributed by atoms with Gasteiger partial charge in [0.25, 0.3) is 0 Å². The number of thiophene rings is 1. The van der Waals surface area contributed by atoms with Crippen molar-refractivity contribution in [2.24, 2.45) is 0 Å². The molecule has 1 N–H and O–H groups in total. The number of pyridine rings is 1. The van der Waals surface area contributed by atoms with Gasteiger partial charge in [0.15, 0.2) is 0 Å². The van der Waals surface area contributed by atoms with Crippen LogP contribution < -0.4 is 10.2 Å². The first kappa shape index (κ1) is 13.6. The Kier molecular flexibility index (Phi) is 3.76. The summed E-state index contributed by atoms with van der Waals surface area (Å²) in [5.41, 5.74) is 3.87. The molecule has 1 aliphatic rings. The Hall–Kier alpha value is -1.39. The molecule has 2 aromatic rings. The van der Waals surface area contributed by atoms with Gasteiger partial charge >= 0.3 is 0 Å². The maximum absolute atomic E-state index is 4.75. The van der Waals surface area contributed by atoms with E-state index in [1.165, 1.54) is 16.0 Å². The van der Waals surface area contributed by atoms with E-state index >= 15 is 0 Å². The van der Waals surface area contributed by atoms with Gasteiger partial charge in [0, 0.05) is 23.7 Å². The van der Waals surface area contributed by atoms with Gasteiger partial charge in [-0.15, -0.1) is 11.3 Å². The van der Waals surface area contributed by atoms with Crippen LogP contribution >= 0.6 is 11.3 Å². The Morgan fingerprint density at radius 1 is 1.45 bits per heavy atom. The Balaban J connectivity index is 1.93. The summed E-state index contributed by atoms with van der Waals surface area (Å²) in [7, 11) is 1.98. The van der Waals surface area contributed by atoms with Crippen LogP contribution in [0.4, 0.5) is 5.82 Å². The van der Waals surface area contributed by atoms with Crippen LogP contribution in [0.25, 0.3) is 0 Å². The van der Waals surface area contributed by atoms with E-state index in [0.717, 1.165) is 31.0 Å². The van der Waals surface area contributed by atoms with E-state index in [9.17, 15) is 0 Å². The first-order chi connectivity index (χ1) is 9.69. The second kappa shape index (κ2) is 5.54. The number of aryl methyl sites for hydroxylation is 1. The number of aromatic nitrogens is 1. The van der Waals surface area contributed by atoms with Crippen molar-refractivity contribution in [2.45, 2.75) is 32.9 Å². The van der Waals surface area contributed by atoms with Crippen LogP contribution in [0.15, 0.2) is 23.6 Å². The normalized spacial score (nSPS) is 18.1. The van der Waals surface area contributed by atoms with Crippen molar-refractivity contribution in [3.8, 4) is 0 Å². The molecular formula is C16H21N3S. The van der Waals surface area contributed by atoms with Crippen molar-refractivity contribution in [1.82, 2.24) is 10.3 Å². The maximum Gasteiger partial charge on any atom is 0.129 e. The molecule has 3 rings (SSSR count). The molecule has 0 bridgehead atoms.